The Kier molecular flexibility index (Phi) is 5.18. The molecule has 1 fully saturated rings. The van der Waals surface area contributed by atoms with Crippen LogP contribution in [-0.2, 0) is 6.42 Å². The van der Waals surface area contributed by atoms with Gasteiger partial charge >= 0.3 is 6.03 Å². The van der Waals surface area contributed by atoms with E-state index in [0.29, 0.717) is 0 Å². The van der Waals surface area contributed by atoms with Crippen LogP contribution in [0.3, 0.4) is 0 Å². The summed E-state index contributed by atoms with van der Waals surface area (Å²) >= 11 is 0. The number of piperazine rings is 1. The van der Waals surface area contributed by atoms with Crippen LogP contribution in [0, 0.1) is 0 Å². The van der Waals surface area contributed by atoms with Gasteiger partial charge in [-0.15, -0.1) is 0 Å². The standard InChI is InChI=1S/C18H28N4O/c1-15(7-9-21-13-11-20(2)12-14-21)19-18(23)22-10-8-16-5-3-4-6-17(16)22/h3-6,15H,7-14H2,1-2H3,(H,19,23)/t15-/m0/s1. The van der Waals surface area contributed by atoms with Crippen molar-refractivity contribution in [3.8, 4) is 0 Å². The van der Waals surface area contributed by atoms with Crippen LogP contribution >= 0.6 is 0 Å². The first kappa shape index (κ1) is 16.3. The predicted molar refractivity (Wildman–Crippen MR) is 94.0 cm³/mol. The summed E-state index contributed by atoms with van der Waals surface area (Å²) in [6.07, 6.45) is 1.96. The van der Waals surface area contributed by atoms with Gasteiger partial charge in [-0.25, -0.2) is 4.79 Å². The van der Waals surface area contributed by atoms with Crippen LogP contribution in [0.1, 0.15) is 18.9 Å². The molecular weight excluding hydrogens is 288 g/mol. The number of fused-ring (bicyclic) bond motifs is 1. The molecular formula is C18H28N4O. The molecule has 0 spiro atoms. The van der Waals surface area contributed by atoms with Gasteiger partial charge in [-0.2, -0.15) is 0 Å². The number of para-hydroxylation sites is 1. The molecule has 126 valence electrons. The number of likely N-dealkylation sites (N-methyl/N-ethyl adjacent to an activating group) is 1. The molecule has 0 aromatic heterocycles. The maximum absolute atomic E-state index is 12.5. The minimum absolute atomic E-state index is 0.0424. The molecule has 2 aliphatic heterocycles. The number of carbonyl (C=O) groups excluding carboxylic acids is 1. The van der Waals surface area contributed by atoms with Gasteiger partial charge in [-0.05, 0) is 38.4 Å². The van der Waals surface area contributed by atoms with Gasteiger partial charge in [0, 0.05) is 51.0 Å². The van der Waals surface area contributed by atoms with Crippen molar-refractivity contribution in [1.29, 1.82) is 0 Å². The normalized spacial score (nSPS) is 20.3. The van der Waals surface area contributed by atoms with Gasteiger partial charge in [0.05, 0.1) is 0 Å². The molecule has 1 aromatic rings. The summed E-state index contributed by atoms with van der Waals surface area (Å²) in [5, 5.41) is 3.16. The molecule has 3 rings (SSSR count). The zero-order valence-electron chi connectivity index (χ0n) is 14.3. The number of amides is 2. The molecule has 0 bridgehead atoms. The lowest BCUT2D eigenvalue weighted by atomic mass is 10.2. The molecule has 5 heteroatoms. The van der Waals surface area contributed by atoms with E-state index in [1.54, 1.807) is 0 Å². The zero-order chi connectivity index (χ0) is 16.2. The number of nitrogens with one attached hydrogen (secondary N) is 1. The van der Waals surface area contributed by atoms with E-state index in [2.05, 4.69) is 35.2 Å². The van der Waals surface area contributed by atoms with E-state index in [-0.39, 0.29) is 12.1 Å². The second kappa shape index (κ2) is 7.32. The fourth-order valence-corrected chi connectivity index (χ4v) is 3.36. The smallest absolute Gasteiger partial charge is 0.322 e. The Labute approximate surface area is 139 Å². The molecule has 1 atom stereocenters. The Morgan fingerprint density at radius 1 is 1.17 bits per heavy atom. The zero-order valence-corrected chi connectivity index (χ0v) is 14.3. The number of hydrogen-bond acceptors (Lipinski definition) is 3. The first-order valence-electron chi connectivity index (χ1n) is 8.70. The highest BCUT2D eigenvalue weighted by atomic mass is 16.2. The van der Waals surface area contributed by atoms with E-state index < -0.39 is 0 Å². The third-order valence-corrected chi connectivity index (χ3v) is 4.98. The second-order valence-electron chi connectivity index (χ2n) is 6.81. The molecule has 2 heterocycles. The maximum Gasteiger partial charge on any atom is 0.322 e. The van der Waals surface area contributed by atoms with Crippen molar-refractivity contribution in [2.75, 3.05) is 51.2 Å². The molecule has 1 aromatic carbocycles. The average molecular weight is 316 g/mol. The van der Waals surface area contributed by atoms with E-state index >= 15 is 0 Å². The Hall–Kier alpha value is -1.59. The van der Waals surface area contributed by atoms with Gasteiger partial charge in [0.25, 0.3) is 0 Å². The Balaban J connectivity index is 1.45. The number of anilines is 1. The number of nitrogens with zero attached hydrogens (tertiary/aromatic N) is 3. The quantitative estimate of drug-likeness (QED) is 0.920. The van der Waals surface area contributed by atoms with Crippen molar-refractivity contribution >= 4 is 11.7 Å². The number of carbonyl (C=O) groups is 1. The largest absolute Gasteiger partial charge is 0.335 e. The van der Waals surface area contributed by atoms with Crippen molar-refractivity contribution in [3.05, 3.63) is 29.8 Å². The van der Waals surface area contributed by atoms with Crippen molar-refractivity contribution in [3.63, 3.8) is 0 Å². The van der Waals surface area contributed by atoms with Crippen LogP contribution in [0.4, 0.5) is 10.5 Å². The minimum atomic E-state index is 0.0424. The molecule has 1 saturated heterocycles. The summed E-state index contributed by atoms with van der Waals surface area (Å²) in [7, 11) is 2.17. The van der Waals surface area contributed by atoms with Crippen LogP contribution in [0.25, 0.3) is 0 Å². The highest BCUT2D eigenvalue weighted by Crippen LogP contribution is 2.27. The monoisotopic (exact) mass is 316 g/mol. The third-order valence-electron chi connectivity index (χ3n) is 4.98. The topological polar surface area (TPSA) is 38.8 Å². The van der Waals surface area contributed by atoms with Gasteiger partial charge < -0.3 is 15.1 Å². The molecule has 1 N–H and O–H groups in total. The van der Waals surface area contributed by atoms with Gasteiger partial charge in [-0.3, -0.25) is 4.90 Å². The molecule has 23 heavy (non-hydrogen) atoms. The highest BCUT2D eigenvalue weighted by Gasteiger charge is 2.25. The molecule has 0 radical (unpaired) electrons. The van der Waals surface area contributed by atoms with Crippen molar-refractivity contribution < 1.29 is 4.79 Å². The van der Waals surface area contributed by atoms with Crippen molar-refractivity contribution in [2.24, 2.45) is 0 Å². The minimum Gasteiger partial charge on any atom is -0.335 e. The second-order valence-corrected chi connectivity index (χ2v) is 6.81. The lowest BCUT2D eigenvalue weighted by Gasteiger charge is -2.33. The first-order valence-corrected chi connectivity index (χ1v) is 8.70. The number of urea groups is 1. The van der Waals surface area contributed by atoms with E-state index in [0.717, 1.165) is 57.8 Å². The van der Waals surface area contributed by atoms with Crippen LogP contribution < -0.4 is 10.2 Å². The van der Waals surface area contributed by atoms with Gasteiger partial charge in [0.15, 0.2) is 0 Å². The summed E-state index contributed by atoms with van der Waals surface area (Å²) in [5.74, 6) is 0. The lowest BCUT2D eigenvalue weighted by Crippen LogP contribution is -2.47. The van der Waals surface area contributed by atoms with Gasteiger partial charge in [-0.1, -0.05) is 18.2 Å². The fraction of sp³-hybridized carbons (Fsp3) is 0.611. The van der Waals surface area contributed by atoms with Crippen molar-refractivity contribution in [2.45, 2.75) is 25.8 Å². The fourth-order valence-electron chi connectivity index (χ4n) is 3.36. The average Bonchev–Trinajstić information content (AvgIpc) is 2.98. The van der Waals surface area contributed by atoms with Gasteiger partial charge in [0.1, 0.15) is 0 Å². The van der Waals surface area contributed by atoms with Crippen LogP contribution in [-0.4, -0.2) is 68.2 Å². The predicted octanol–water partition coefficient (Wildman–Crippen LogP) is 1.78. The van der Waals surface area contributed by atoms with E-state index in [9.17, 15) is 4.79 Å². The van der Waals surface area contributed by atoms with E-state index in [1.165, 1.54) is 5.56 Å². The van der Waals surface area contributed by atoms with Gasteiger partial charge in [0.2, 0.25) is 0 Å². The summed E-state index contributed by atoms with van der Waals surface area (Å²) in [4.78, 5) is 19.2. The molecule has 5 nitrogen and oxygen atoms in total. The highest BCUT2D eigenvalue weighted by molar-refractivity contribution is 5.94. The Morgan fingerprint density at radius 3 is 2.70 bits per heavy atom. The number of rotatable bonds is 4. The molecule has 2 aliphatic rings. The Morgan fingerprint density at radius 2 is 1.91 bits per heavy atom. The first-order chi connectivity index (χ1) is 11.1. The lowest BCUT2D eigenvalue weighted by molar-refractivity contribution is 0.149. The summed E-state index contributed by atoms with van der Waals surface area (Å²) < 4.78 is 0. The molecule has 0 saturated carbocycles. The SMILES string of the molecule is C[C@@H](CCN1CCN(C)CC1)NC(=O)N1CCc2ccccc21. The molecule has 0 unspecified atom stereocenters. The maximum atomic E-state index is 12.5. The summed E-state index contributed by atoms with van der Waals surface area (Å²) in [5.41, 5.74) is 2.34. The van der Waals surface area contributed by atoms with Crippen LogP contribution in [0.15, 0.2) is 24.3 Å². The molecule has 0 aliphatic carbocycles. The van der Waals surface area contributed by atoms with Crippen LogP contribution in [0.2, 0.25) is 0 Å². The van der Waals surface area contributed by atoms with Crippen LogP contribution in [0.5, 0.6) is 0 Å². The number of hydrogen-bond donors (Lipinski definition) is 1. The van der Waals surface area contributed by atoms with E-state index in [1.807, 2.05) is 23.1 Å². The summed E-state index contributed by atoms with van der Waals surface area (Å²) in [6, 6.07) is 8.44. The number of benzene rings is 1. The Bertz CT molecular complexity index is 540. The van der Waals surface area contributed by atoms with E-state index in [4.69, 9.17) is 0 Å². The summed E-state index contributed by atoms with van der Waals surface area (Å²) in [6.45, 7) is 8.52. The third kappa shape index (κ3) is 4.03. The molecule has 2 amide bonds. The van der Waals surface area contributed by atoms with Crippen molar-refractivity contribution in [1.82, 2.24) is 15.1 Å².